The van der Waals surface area contributed by atoms with E-state index in [4.69, 9.17) is 0 Å². The number of nitrogens with one attached hydrogen (secondary N) is 1. The zero-order chi connectivity index (χ0) is 26.2. The molecule has 13 heteroatoms. The van der Waals surface area contributed by atoms with Crippen molar-refractivity contribution in [2.24, 2.45) is 4.40 Å². The van der Waals surface area contributed by atoms with Crippen LogP contribution in [0, 0.1) is 10.1 Å². The number of rotatable bonds is 9. The third-order valence-corrected chi connectivity index (χ3v) is 14.3. The maximum atomic E-state index is 13.2. The van der Waals surface area contributed by atoms with Crippen molar-refractivity contribution in [3.05, 3.63) is 77.6 Å². The number of thiophene rings is 1. The Balaban J connectivity index is 2.40. The van der Waals surface area contributed by atoms with Crippen LogP contribution in [0.2, 0.25) is 0 Å². The van der Waals surface area contributed by atoms with Crippen molar-refractivity contribution < 1.29 is 29.5 Å². The number of carboxylic acid groups (broad SMARTS) is 2. The van der Waals surface area contributed by atoms with Crippen LogP contribution in [0.15, 0.2) is 61.4 Å². The minimum Gasteiger partial charge on any atom is -0.478 e. The molecular formula is C22H22BrN3O7S2. The van der Waals surface area contributed by atoms with Gasteiger partial charge in [-0.1, -0.05) is 41.1 Å². The average molecular weight is 584 g/mol. The molecule has 2 aromatic rings. The monoisotopic (exact) mass is 583 g/mol. The van der Waals surface area contributed by atoms with Crippen molar-refractivity contribution in [1.82, 2.24) is 5.32 Å². The first-order valence-electron chi connectivity index (χ1n) is 10.2. The second-order valence-corrected chi connectivity index (χ2v) is 15.0. The molecule has 0 spiro atoms. The highest BCUT2D eigenvalue weighted by atomic mass is 79.9. The number of carboxylic acids is 2. The molecule has 0 atom stereocenters. The molecule has 2 heterocycles. The fourth-order valence-electron chi connectivity index (χ4n) is 4.40. The van der Waals surface area contributed by atoms with E-state index in [1.807, 2.05) is 0 Å². The molecule has 1 aliphatic rings. The van der Waals surface area contributed by atoms with Gasteiger partial charge in [-0.2, -0.15) is 9.35 Å². The third kappa shape index (κ3) is 3.98. The zero-order valence-corrected chi connectivity index (χ0v) is 21.9. The Kier molecular flexibility index (Phi) is 7.07. The van der Waals surface area contributed by atoms with Gasteiger partial charge in [-0.25, -0.2) is 9.59 Å². The highest BCUT2D eigenvalue weighted by Gasteiger charge is 2.56. The van der Waals surface area contributed by atoms with Crippen LogP contribution in [0.1, 0.15) is 29.1 Å². The number of benzene rings is 1. The average Bonchev–Trinajstić information content (AvgIpc) is 3.40. The van der Waals surface area contributed by atoms with Crippen LogP contribution in [0.25, 0.3) is 4.91 Å². The van der Waals surface area contributed by atoms with Gasteiger partial charge in [-0.05, 0) is 48.6 Å². The van der Waals surface area contributed by atoms with E-state index in [0.717, 1.165) is 15.8 Å². The Bertz CT molecular complexity index is 1340. The van der Waals surface area contributed by atoms with Crippen LogP contribution in [-0.4, -0.2) is 51.2 Å². The number of aliphatic carboxylic acids is 2. The number of nitro groups is 1. The topological polar surface area (TPSA) is 159 Å². The van der Waals surface area contributed by atoms with Crippen molar-refractivity contribution in [2.75, 3.05) is 11.5 Å². The summed E-state index contributed by atoms with van der Waals surface area (Å²) in [5, 5.41) is 34.0. The fourth-order valence-corrected chi connectivity index (χ4v) is 11.3. The lowest BCUT2D eigenvalue weighted by molar-refractivity contribution is -0.380. The van der Waals surface area contributed by atoms with Gasteiger partial charge in [0.25, 0.3) is 5.91 Å². The van der Waals surface area contributed by atoms with Crippen LogP contribution in [-0.2, 0) is 9.59 Å². The summed E-state index contributed by atoms with van der Waals surface area (Å²) in [6, 6.07) is 8.94. The summed E-state index contributed by atoms with van der Waals surface area (Å²) < 4.78 is 5.19. The molecule has 1 aliphatic heterocycles. The second kappa shape index (κ2) is 9.40. The molecule has 1 aromatic carbocycles. The lowest BCUT2D eigenvalue weighted by Crippen LogP contribution is -2.34. The van der Waals surface area contributed by atoms with Gasteiger partial charge in [0.05, 0.1) is 15.5 Å². The Morgan fingerprint density at radius 3 is 2.09 bits per heavy atom. The summed E-state index contributed by atoms with van der Waals surface area (Å²) >= 11 is 4.01. The Labute approximate surface area is 212 Å². The second-order valence-electron chi connectivity index (χ2n) is 7.64. The Morgan fingerprint density at radius 1 is 1.09 bits per heavy atom. The van der Waals surface area contributed by atoms with Crippen LogP contribution in [0.3, 0.4) is 0 Å². The number of thiol groups is 1. The van der Waals surface area contributed by atoms with E-state index in [1.54, 1.807) is 26.0 Å². The highest BCUT2D eigenvalue weighted by Crippen LogP contribution is 2.87. The van der Waals surface area contributed by atoms with E-state index in [-0.39, 0.29) is 36.9 Å². The summed E-state index contributed by atoms with van der Waals surface area (Å²) in [7, 11) is -4.14. The quantitative estimate of drug-likeness (QED) is 0.144. The van der Waals surface area contributed by atoms with Crippen LogP contribution < -0.4 is 5.32 Å². The molecule has 0 saturated heterocycles. The molecule has 10 nitrogen and oxygen atoms in total. The summed E-state index contributed by atoms with van der Waals surface area (Å²) in [6.07, 6.45) is 0. The van der Waals surface area contributed by atoms with E-state index in [1.165, 1.54) is 24.3 Å². The van der Waals surface area contributed by atoms with Crippen molar-refractivity contribution in [2.45, 2.75) is 13.8 Å². The molecule has 0 unspecified atom stereocenters. The number of amides is 1. The number of hydrogen-bond acceptors (Lipinski definition) is 7. The van der Waals surface area contributed by atoms with E-state index in [0.29, 0.717) is 0 Å². The van der Waals surface area contributed by atoms with Gasteiger partial charge in [-0.15, -0.1) is 0 Å². The van der Waals surface area contributed by atoms with Crippen LogP contribution in [0.4, 0.5) is 5.00 Å². The Hall–Kier alpha value is -3.29. The molecule has 0 bridgehead atoms. The number of nitrogens with zero attached hydrogens (tertiary/aromatic N) is 2. The first-order chi connectivity index (χ1) is 16.5. The summed E-state index contributed by atoms with van der Waals surface area (Å²) in [6.45, 7) is 7.18. The first-order valence-corrected chi connectivity index (χ1v) is 14.4. The molecule has 3 N–H and O–H groups in total. The van der Waals surface area contributed by atoms with Crippen molar-refractivity contribution in [1.29, 1.82) is 0 Å². The first kappa shape index (κ1) is 26.3. The molecule has 3 rings (SSSR count). The van der Waals surface area contributed by atoms with E-state index in [9.17, 15) is 34.7 Å². The van der Waals surface area contributed by atoms with Gasteiger partial charge >= 0.3 is 16.9 Å². The number of hydrogen-bond donors (Lipinski definition) is 4. The molecule has 0 radical (unpaired) electrons. The van der Waals surface area contributed by atoms with Crippen molar-refractivity contribution in [3.8, 4) is 0 Å². The maximum Gasteiger partial charge on any atom is 0.339 e. The van der Waals surface area contributed by atoms with Gasteiger partial charge in [0, 0.05) is 25.9 Å². The maximum absolute atomic E-state index is 13.2. The summed E-state index contributed by atoms with van der Waals surface area (Å²) in [5.74, 6) is -3.45. The molecule has 1 amide bonds. The predicted octanol–water partition coefficient (Wildman–Crippen LogP) is 4.68. The van der Waals surface area contributed by atoms with Gasteiger partial charge < -0.3 is 15.5 Å². The molecule has 1 aromatic heterocycles. The molecule has 0 fully saturated rings. The smallest absolute Gasteiger partial charge is 0.339 e. The van der Waals surface area contributed by atoms with E-state index >= 15 is 0 Å². The molecule has 0 saturated carbocycles. The highest BCUT2D eigenvalue weighted by molar-refractivity contribution is 9.10. The normalized spacial score (nSPS) is 17.4. The lowest BCUT2D eigenvalue weighted by Gasteiger charge is -2.58. The van der Waals surface area contributed by atoms with E-state index < -0.39 is 43.3 Å². The lowest BCUT2D eigenvalue weighted by atomic mass is 10.1. The number of halogens is 1. The molecule has 186 valence electrons. The zero-order valence-electron chi connectivity index (χ0n) is 18.6. The summed E-state index contributed by atoms with van der Waals surface area (Å²) in [5.41, 5.74) is -0.924. The third-order valence-electron chi connectivity index (χ3n) is 6.25. The van der Waals surface area contributed by atoms with Gasteiger partial charge in [0.2, 0.25) is 0 Å². The number of carbonyl (C=O) groups excluding carboxylic acids is 1. The van der Waals surface area contributed by atoms with Crippen LogP contribution >= 0.6 is 36.6 Å². The minimum absolute atomic E-state index is 0.0742. The minimum atomic E-state index is -4.14. The Morgan fingerprint density at radius 2 is 1.66 bits per heavy atom. The van der Waals surface area contributed by atoms with Gasteiger partial charge in [0.15, 0.2) is 0 Å². The largest absolute Gasteiger partial charge is 0.478 e. The summed E-state index contributed by atoms with van der Waals surface area (Å²) in [4.78, 5) is 49.3. The van der Waals surface area contributed by atoms with Crippen molar-refractivity contribution >= 4 is 71.1 Å². The van der Waals surface area contributed by atoms with Gasteiger partial charge in [0.1, 0.15) is 5.57 Å². The molecular weight excluding hydrogens is 562 g/mol. The number of carbonyl (C=O) groups is 3. The van der Waals surface area contributed by atoms with Gasteiger partial charge in [-0.3, -0.25) is 19.3 Å². The SMILES string of the molecule is C=N[SH]1(CC)(CC)C(NC(=O)c2ccc(Br)cc2)=C(C(=O)O)C(C(=O)O)=C1c1ccc([N+](=O)[O-])s1. The molecule has 0 aliphatic carbocycles. The van der Waals surface area contributed by atoms with Crippen molar-refractivity contribution in [3.63, 3.8) is 0 Å². The van der Waals surface area contributed by atoms with E-state index in [2.05, 4.69) is 32.4 Å². The fraction of sp³-hybridized carbons (Fsp3) is 0.182. The standard InChI is InChI=1S/C22H22BrN3O7S2/c1-4-35(5-2,24-3)18(14-10-11-15(34-14)26(32)33)16(21(28)29)17(22(30)31)20(35)25-19(27)12-6-8-13(23)9-7-12/h6-11,35H,3-5H2,1-2H3,(H,25,27)(H,28,29)(H,30,31). The van der Waals surface area contributed by atoms with Crippen LogP contribution in [0.5, 0.6) is 0 Å². The molecule has 35 heavy (non-hydrogen) atoms. The predicted molar refractivity (Wildman–Crippen MR) is 141 cm³/mol.